The Morgan fingerprint density at radius 3 is 0.876 bits per heavy atom. The molecule has 2 atom stereocenters. The van der Waals surface area contributed by atoms with Crippen LogP contribution in [-0.4, -0.2) is 49.3 Å². The highest BCUT2D eigenvalue weighted by molar-refractivity contribution is 7.47. The van der Waals surface area contributed by atoms with Gasteiger partial charge in [0.1, 0.15) is 6.61 Å². The van der Waals surface area contributed by atoms with Gasteiger partial charge in [0, 0.05) is 19.4 Å². The summed E-state index contributed by atoms with van der Waals surface area (Å²) < 4.78 is 33.3. The monoisotopic (exact) mass is 1270 g/mol. The lowest BCUT2D eigenvalue weighted by atomic mass is 10.0. The number of phosphoric acid groups is 1. The van der Waals surface area contributed by atoms with Gasteiger partial charge in [0.05, 0.1) is 13.2 Å². The van der Waals surface area contributed by atoms with Crippen molar-refractivity contribution < 1.29 is 37.6 Å². The molecule has 89 heavy (non-hydrogen) atoms. The van der Waals surface area contributed by atoms with Crippen molar-refractivity contribution in [3.05, 3.63) is 48.6 Å². The summed E-state index contributed by atoms with van der Waals surface area (Å²) in [7, 11) is -4.39. The lowest BCUT2D eigenvalue weighted by Crippen LogP contribution is -2.29. The topological polar surface area (TPSA) is 134 Å². The number of phosphoric ester groups is 1. The van der Waals surface area contributed by atoms with E-state index in [0.717, 1.165) is 44.9 Å². The average Bonchev–Trinajstić information content (AvgIpc) is 3.58. The molecule has 0 saturated carbocycles. The minimum Gasteiger partial charge on any atom is -0.462 e. The fourth-order valence-corrected chi connectivity index (χ4v) is 12.6. The maximum Gasteiger partial charge on any atom is 0.472 e. The predicted octanol–water partition coefficient (Wildman–Crippen LogP) is 26.0. The molecule has 0 bridgehead atoms. The second-order valence-electron chi connectivity index (χ2n) is 26.6. The van der Waals surface area contributed by atoms with Crippen molar-refractivity contribution in [2.45, 2.75) is 418 Å². The summed E-state index contributed by atoms with van der Waals surface area (Å²) >= 11 is 0. The minimum absolute atomic E-state index is 0.0560. The van der Waals surface area contributed by atoms with Crippen molar-refractivity contribution in [1.82, 2.24) is 0 Å². The van der Waals surface area contributed by atoms with Crippen LogP contribution >= 0.6 is 7.82 Å². The lowest BCUT2D eigenvalue weighted by Gasteiger charge is -2.19. The Bertz CT molecular complexity index is 1600. The van der Waals surface area contributed by atoms with Gasteiger partial charge in [-0.2, -0.15) is 0 Å². The Hall–Kier alpha value is -2.03. The Morgan fingerprint density at radius 1 is 0.337 bits per heavy atom. The second-order valence-corrected chi connectivity index (χ2v) is 28.0. The molecular formula is C79H150NO8P. The lowest BCUT2D eigenvalue weighted by molar-refractivity contribution is -0.161. The Kier molecular flexibility index (Phi) is 73.3. The molecule has 0 saturated heterocycles. The van der Waals surface area contributed by atoms with Gasteiger partial charge in [0.25, 0.3) is 0 Å². The van der Waals surface area contributed by atoms with Gasteiger partial charge >= 0.3 is 19.8 Å². The fourth-order valence-electron chi connectivity index (χ4n) is 11.9. The van der Waals surface area contributed by atoms with E-state index in [2.05, 4.69) is 62.5 Å². The maximum atomic E-state index is 12.8. The SMILES string of the molecule is CCCCCCC/C=C\C/C=C\C/C=C\CCCCCCCCCCCCCCCCCCCCCCCCCCCCC(=O)OC(COC(=O)CCCCCCCCCCCCCCCCC/C=C\CCCCCCCCCC)COP(=O)(O)OCCN. The summed E-state index contributed by atoms with van der Waals surface area (Å²) in [5.74, 6) is -0.803. The molecule has 0 aliphatic heterocycles. The van der Waals surface area contributed by atoms with Crippen molar-refractivity contribution in [1.29, 1.82) is 0 Å². The molecule has 0 aromatic heterocycles. The molecule has 0 aromatic carbocycles. The van der Waals surface area contributed by atoms with E-state index in [-0.39, 0.29) is 38.6 Å². The van der Waals surface area contributed by atoms with Gasteiger partial charge in [-0.1, -0.05) is 371 Å². The molecule has 0 aliphatic rings. The molecule has 2 unspecified atom stereocenters. The number of allylic oxidation sites excluding steroid dienone is 8. The number of hydrogen-bond donors (Lipinski definition) is 2. The third-order valence-corrected chi connectivity index (χ3v) is 18.7. The zero-order chi connectivity index (χ0) is 64.4. The van der Waals surface area contributed by atoms with Gasteiger partial charge in [0.15, 0.2) is 6.10 Å². The molecule has 9 nitrogen and oxygen atoms in total. The Labute approximate surface area is 553 Å². The third-order valence-electron chi connectivity index (χ3n) is 17.7. The smallest absolute Gasteiger partial charge is 0.462 e. The van der Waals surface area contributed by atoms with E-state index in [1.165, 1.54) is 334 Å². The third kappa shape index (κ3) is 74.9. The molecule has 0 rings (SSSR count). The summed E-state index contributed by atoms with van der Waals surface area (Å²) in [5, 5.41) is 0. The molecule has 0 amide bonds. The highest BCUT2D eigenvalue weighted by atomic mass is 31.2. The number of hydrogen-bond acceptors (Lipinski definition) is 8. The van der Waals surface area contributed by atoms with Crippen LogP contribution in [0, 0.1) is 0 Å². The highest BCUT2D eigenvalue weighted by Crippen LogP contribution is 2.43. The van der Waals surface area contributed by atoms with Crippen molar-refractivity contribution in [2.75, 3.05) is 26.4 Å². The van der Waals surface area contributed by atoms with Crippen LogP contribution in [0.2, 0.25) is 0 Å². The van der Waals surface area contributed by atoms with Gasteiger partial charge < -0.3 is 20.1 Å². The molecule has 0 aliphatic carbocycles. The van der Waals surface area contributed by atoms with E-state index in [9.17, 15) is 19.0 Å². The maximum absolute atomic E-state index is 12.8. The Balaban J connectivity index is 3.75. The van der Waals surface area contributed by atoms with Crippen molar-refractivity contribution in [3.63, 3.8) is 0 Å². The number of unbranched alkanes of at least 4 members (excludes halogenated alkanes) is 54. The van der Waals surface area contributed by atoms with Crippen LogP contribution in [0.4, 0.5) is 0 Å². The molecule has 0 aromatic rings. The first kappa shape index (κ1) is 87.0. The normalized spacial score (nSPS) is 13.1. The summed E-state index contributed by atoms with van der Waals surface area (Å²) in [5.41, 5.74) is 5.41. The number of nitrogens with two attached hydrogens (primary N) is 1. The van der Waals surface area contributed by atoms with Crippen LogP contribution in [0.1, 0.15) is 412 Å². The number of carbonyl (C=O) groups is 2. The first-order chi connectivity index (χ1) is 43.8. The van der Waals surface area contributed by atoms with Crippen LogP contribution < -0.4 is 5.73 Å². The van der Waals surface area contributed by atoms with Crippen LogP contribution in [0.15, 0.2) is 48.6 Å². The van der Waals surface area contributed by atoms with E-state index in [1.807, 2.05) is 0 Å². The van der Waals surface area contributed by atoms with E-state index < -0.39 is 26.5 Å². The summed E-state index contributed by atoms with van der Waals surface area (Å²) in [4.78, 5) is 35.4. The molecule has 524 valence electrons. The van der Waals surface area contributed by atoms with Crippen molar-refractivity contribution in [2.24, 2.45) is 5.73 Å². The van der Waals surface area contributed by atoms with Gasteiger partial charge in [-0.3, -0.25) is 18.6 Å². The van der Waals surface area contributed by atoms with E-state index in [0.29, 0.717) is 6.42 Å². The minimum atomic E-state index is -4.39. The van der Waals surface area contributed by atoms with Crippen LogP contribution in [0.3, 0.4) is 0 Å². The fraction of sp³-hybridized carbons (Fsp3) is 0.873. The predicted molar refractivity (Wildman–Crippen MR) is 386 cm³/mol. The molecule has 0 fully saturated rings. The van der Waals surface area contributed by atoms with E-state index >= 15 is 0 Å². The number of ether oxygens (including phenoxy) is 2. The molecule has 0 spiro atoms. The zero-order valence-electron chi connectivity index (χ0n) is 59.2. The molecule has 3 N–H and O–H groups in total. The average molecular weight is 1270 g/mol. The van der Waals surface area contributed by atoms with Crippen molar-refractivity contribution >= 4 is 19.8 Å². The molecule has 0 heterocycles. The highest BCUT2D eigenvalue weighted by Gasteiger charge is 2.26. The van der Waals surface area contributed by atoms with Crippen LogP contribution in [0.25, 0.3) is 0 Å². The van der Waals surface area contributed by atoms with E-state index in [1.54, 1.807) is 0 Å². The molecule has 0 radical (unpaired) electrons. The summed E-state index contributed by atoms with van der Waals surface area (Å²) in [6, 6.07) is 0. The second kappa shape index (κ2) is 75.0. The van der Waals surface area contributed by atoms with E-state index in [4.69, 9.17) is 24.3 Å². The van der Waals surface area contributed by atoms with Gasteiger partial charge in [-0.25, -0.2) is 4.57 Å². The van der Waals surface area contributed by atoms with Gasteiger partial charge in [0.2, 0.25) is 0 Å². The quantitative estimate of drug-likeness (QED) is 0.0264. The number of rotatable bonds is 75. The zero-order valence-corrected chi connectivity index (χ0v) is 60.1. The first-order valence-electron chi connectivity index (χ1n) is 39.1. The van der Waals surface area contributed by atoms with Crippen LogP contribution in [0.5, 0.6) is 0 Å². The van der Waals surface area contributed by atoms with Gasteiger partial charge in [-0.05, 0) is 77.0 Å². The molecule has 10 heteroatoms. The van der Waals surface area contributed by atoms with Crippen molar-refractivity contribution in [3.8, 4) is 0 Å². The largest absolute Gasteiger partial charge is 0.472 e. The molecular weight excluding hydrogens is 1120 g/mol. The van der Waals surface area contributed by atoms with Gasteiger partial charge in [-0.15, -0.1) is 0 Å². The standard InChI is InChI=1S/C79H150NO8P/c1-3-5-7-9-11-13-15-17-19-21-23-25-27-29-31-32-33-34-35-36-37-38-39-40-41-42-43-44-46-48-50-52-54-56-58-60-62-64-66-68-70-72-79(82)88-77(76-87-89(83,84)86-74-73-80)75-85-78(81)71-69-67-65-63-61-59-57-55-53-51-49-47-45-30-28-26-24-22-20-18-16-14-12-10-8-6-4-2/h15,17,21-24,27,29,77H,3-14,16,18-20,25-26,28,30-76,80H2,1-2H3,(H,83,84)/b17-15-,23-21-,24-22-,29-27-. The Morgan fingerprint density at radius 2 is 0.584 bits per heavy atom. The number of carbonyl (C=O) groups excluding carboxylic acids is 2. The number of esters is 2. The summed E-state index contributed by atoms with van der Waals surface area (Å²) in [6.45, 7) is 3.81. The summed E-state index contributed by atoms with van der Waals surface area (Å²) in [6.07, 6.45) is 96.8. The van der Waals surface area contributed by atoms with Crippen LogP contribution in [-0.2, 0) is 32.7 Å². The first-order valence-corrected chi connectivity index (χ1v) is 40.6.